The molecule has 24 heavy (non-hydrogen) atoms. The summed E-state index contributed by atoms with van der Waals surface area (Å²) in [6.45, 7) is 3.92. The molecule has 3 aromatic rings. The second-order valence-corrected chi connectivity index (χ2v) is 5.58. The lowest BCUT2D eigenvalue weighted by Crippen LogP contribution is -2.09. The second kappa shape index (κ2) is 6.66. The quantitative estimate of drug-likeness (QED) is 0.535. The lowest BCUT2D eigenvalue weighted by Gasteiger charge is -2.12. The largest absolute Gasteiger partial charge is 0.269 e. The number of aromatic nitrogens is 2. The van der Waals surface area contributed by atoms with Gasteiger partial charge in [0.05, 0.1) is 29.0 Å². The summed E-state index contributed by atoms with van der Waals surface area (Å²) in [7, 11) is 1.90. The van der Waals surface area contributed by atoms with Gasteiger partial charge in [-0.15, -0.1) is 0 Å². The lowest BCUT2D eigenvalue weighted by atomic mass is 10.2. The molecule has 0 aliphatic carbocycles. The molecule has 3 rings (SSSR count). The Hall–Kier alpha value is -2.95. The van der Waals surface area contributed by atoms with Crippen LogP contribution in [0.15, 0.2) is 59.7 Å². The average Bonchev–Trinajstić information content (AvgIpc) is 2.88. The predicted molar refractivity (Wildman–Crippen MR) is 95.4 cm³/mol. The molecule has 1 heterocycles. The summed E-state index contributed by atoms with van der Waals surface area (Å²) in [6, 6.07) is 16.2. The summed E-state index contributed by atoms with van der Waals surface area (Å²) in [5.74, 6) is -0.258. The van der Waals surface area contributed by atoms with Crippen LogP contribution < -0.4 is 5.01 Å². The van der Waals surface area contributed by atoms with Crippen molar-refractivity contribution in [2.45, 2.75) is 13.8 Å². The fourth-order valence-electron chi connectivity index (χ4n) is 2.53. The smallest absolute Gasteiger partial charge is 0.123 e. The number of aryl methyl sites for hydroxylation is 1. The SMILES string of the molecule is Cc1nn(-c2ccc(F)cc2)c(C)c1/C=N\N(C)c1ccccc1. The molecule has 4 nitrogen and oxygen atoms in total. The number of hydrazone groups is 1. The molecule has 0 aliphatic heterocycles. The Balaban J connectivity index is 1.89. The third kappa shape index (κ3) is 3.20. The Bertz CT molecular complexity index is 851. The normalized spacial score (nSPS) is 11.2. The van der Waals surface area contributed by atoms with Crippen LogP contribution in [0.4, 0.5) is 10.1 Å². The molecule has 0 unspecified atom stereocenters. The maximum absolute atomic E-state index is 13.1. The number of para-hydroxylation sites is 1. The van der Waals surface area contributed by atoms with Gasteiger partial charge in [-0.05, 0) is 50.2 Å². The third-order valence-corrected chi connectivity index (χ3v) is 3.91. The molecule has 0 amide bonds. The van der Waals surface area contributed by atoms with Crippen LogP contribution in [-0.2, 0) is 0 Å². The molecule has 0 bridgehead atoms. The minimum Gasteiger partial charge on any atom is -0.269 e. The molecule has 1 aromatic heterocycles. The second-order valence-electron chi connectivity index (χ2n) is 5.58. The van der Waals surface area contributed by atoms with Gasteiger partial charge >= 0.3 is 0 Å². The van der Waals surface area contributed by atoms with E-state index < -0.39 is 0 Å². The first kappa shape index (κ1) is 15.9. The van der Waals surface area contributed by atoms with E-state index in [9.17, 15) is 4.39 Å². The number of nitrogens with zero attached hydrogens (tertiary/aromatic N) is 4. The molecular weight excluding hydrogens is 303 g/mol. The predicted octanol–water partition coefficient (Wildman–Crippen LogP) is 4.10. The molecule has 0 spiro atoms. The molecule has 122 valence electrons. The van der Waals surface area contributed by atoms with Crippen molar-refractivity contribution in [3.05, 3.63) is 77.4 Å². The van der Waals surface area contributed by atoms with Crippen LogP contribution in [0.3, 0.4) is 0 Å². The van der Waals surface area contributed by atoms with Crippen molar-refractivity contribution in [3.8, 4) is 5.69 Å². The van der Waals surface area contributed by atoms with Crippen LogP contribution in [-0.4, -0.2) is 23.0 Å². The van der Waals surface area contributed by atoms with Gasteiger partial charge in [0.2, 0.25) is 0 Å². The Kier molecular flexibility index (Phi) is 4.42. The van der Waals surface area contributed by atoms with Crippen LogP contribution in [0.25, 0.3) is 5.69 Å². The van der Waals surface area contributed by atoms with Crippen LogP contribution >= 0.6 is 0 Å². The van der Waals surface area contributed by atoms with Crippen molar-refractivity contribution in [2.75, 3.05) is 12.1 Å². The summed E-state index contributed by atoms with van der Waals surface area (Å²) in [5.41, 5.74) is 4.64. The molecule has 0 radical (unpaired) electrons. The molecule has 0 N–H and O–H groups in total. The molecule has 0 fully saturated rings. The fraction of sp³-hybridized carbons (Fsp3) is 0.158. The summed E-state index contributed by atoms with van der Waals surface area (Å²) < 4.78 is 14.9. The number of rotatable bonds is 4. The van der Waals surface area contributed by atoms with E-state index in [0.717, 1.165) is 28.3 Å². The zero-order valence-corrected chi connectivity index (χ0v) is 13.9. The first-order valence-electron chi connectivity index (χ1n) is 7.71. The van der Waals surface area contributed by atoms with Gasteiger partial charge in [-0.25, -0.2) is 9.07 Å². The maximum atomic E-state index is 13.1. The molecule has 0 atom stereocenters. The van der Waals surface area contributed by atoms with Crippen LogP contribution in [0.2, 0.25) is 0 Å². The number of hydrogen-bond acceptors (Lipinski definition) is 3. The Morgan fingerprint density at radius 2 is 1.71 bits per heavy atom. The first-order valence-corrected chi connectivity index (χ1v) is 7.71. The van der Waals surface area contributed by atoms with E-state index in [4.69, 9.17) is 0 Å². The zero-order valence-electron chi connectivity index (χ0n) is 13.9. The van der Waals surface area contributed by atoms with Gasteiger partial charge in [-0.2, -0.15) is 10.2 Å². The van der Waals surface area contributed by atoms with E-state index in [1.54, 1.807) is 16.8 Å². The van der Waals surface area contributed by atoms with Crippen molar-refractivity contribution in [3.63, 3.8) is 0 Å². The molecule has 0 aliphatic rings. The van der Waals surface area contributed by atoms with E-state index in [2.05, 4.69) is 10.2 Å². The Labute approximate surface area is 140 Å². The van der Waals surface area contributed by atoms with Crippen molar-refractivity contribution in [1.29, 1.82) is 0 Å². The van der Waals surface area contributed by atoms with Crippen molar-refractivity contribution in [2.24, 2.45) is 5.10 Å². The standard InChI is InChI=1S/C19H19FN4/c1-14-19(13-21-23(3)17-7-5-4-6-8-17)15(2)24(22-14)18-11-9-16(20)10-12-18/h4-13H,1-3H3/b21-13-. The van der Waals surface area contributed by atoms with Gasteiger partial charge < -0.3 is 0 Å². The first-order chi connectivity index (χ1) is 11.6. The number of benzene rings is 2. The molecule has 0 saturated carbocycles. The number of anilines is 1. The Morgan fingerprint density at radius 1 is 1.04 bits per heavy atom. The molecular formula is C19H19FN4. The average molecular weight is 322 g/mol. The summed E-state index contributed by atoms with van der Waals surface area (Å²) in [4.78, 5) is 0. The highest BCUT2D eigenvalue weighted by molar-refractivity contribution is 5.83. The van der Waals surface area contributed by atoms with Gasteiger partial charge in [-0.3, -0.25) is 5.01 Å². The summed E-state index contributed by atoms with van der Waals surface area (Å²) in [5, 5.41) is 10.9. The number of hydrogen-bond donors (Lipinski definition) is 0. The summed E-state index contributed by atoms with van der Waals surface area (Å²) in [6.07, 6.45) is 1.81. The van der Waals surface area contributed by atoms with Crippen LogP contribution in [0.5, 0.6) is 0 Å². The summed E-state index contributed by atoms with van der Waals surface area (Å²) >= 11 is 0. The van der Waals surface area contributed by atoms with Crippen molar-refractivity contribution < 1.29 is 4.39 Å². The fourth-order valence-corrected chi connectivity index (χ4v) is 2.53. The maximum Gasteiger partial charge on any atom is 0.123 e. The van der Waals surface area contributed by atoms with Crippen LogP contribution in [0, 0.1) is 19.7 Å². The van der Waals surface area contributed by atoms with Gasteiger partial charge in [0.15, 0.2) is 0 Å². The van der Waals surface area contributed by atoms with E-state index in [1.807, 2.05) is 62.5 Å². The van der Waals surface area contributed by atoms with E-state index in [1.165, 1.54) is 12.1 Å². The third-order valence-electron chi connectivity index (χ3n) is 3.91. The lowest BCUT2D eigenvalue weighted by molar-refractivity contribution is 0.627. The van der Waals surface area contributed by atoms with Gasteiger partial charge in [-0.1, -0.05) is 18.2 Å². The monoisotopic (exact) mass is 322 g/mol. The molecule has 2 aromatic carbocycles. The molecule has 5 heteroatoms. The zero-order chi connectivity index (χ0) is 17.1. The Morgan fingerprint density at radius 3 is 2.38 bits per heavy atom. The van der Waals surface area contributed by atoms with E-state index in [0.29, 0.717) is 0 Å². The van der Waals surface area contributed by atoms with Crippen molar-refractivity contribution >= 4 is 11.9 Å². The van der Waals surface area contributed by atoms with Crippen molar-refractivity contribution in [1.82, 2.24) is 9.78 Å². The topological polar surface area (TPSA) is 33.4 Å². The van der Waals surface area contributed by atoms with Gasteiger partial charge in [0.25, 0.3) is 0 Å². The minimum atomic E-state index is -0.258. The number of halogens is 1. The van der Waals surface area contributed by atoms with Crippen LogP contribution in [0.1, 0.15) is 17.0 Å². The highest BCUT2D eigenvalue weighted by Gasteiger charge is 2.11. The van der Waals surface area contributed by atoms with Gasteiger partial charge in [0.1, 0.15) is 5.82 Å². The van der Waals surface area contributed by atoms with E-state index in [-0.39, 0.29) is 5.82 Å². The van der Waals surface area contributed by atoms with Gasteiger partial charge in [0, 0.05) is 12.6 Å². The molecule has 0 saturated heterocycles. The highest BCUT2D eigenvalue weighted by atomic mass is 19.1. The van der Waals surface area contributed by atoms with E-state index >= 15 is 0 Å². The minimum absolute atomic E-state index is 0.258. The highest BCUT2D eigenvalue weighted by Crippen LogP contribution is 2.18.